The van der Waals surface area contributed by atoms with E-state index in [0.29, 0.717) is 11.2 Å². The van der Waals surface area contributed by atoms with Crippen molar-refractivity contribution in [1.29, 1.82) is 0 Å². The summed E-state index contributed by atoms with van der Waals surface area (Å²) in [6, 6.07) is 9.76. The van der Waals surface area contributed by atoms with E-state index in [4.69, 9.17) is 6.42 Å². The number of hydrogen-bond acceptors (Lipinski definition) is 2. The molecule has 1 aromatic carbocycles. The van der Waals surface area contributed by atoms with Gasteiger partial charge < -0.3 is 5.32 Å². The Morgan fingerprint density at radius 1 is 1.45 bits per heavy atom. The van der Waals surface area contributed by atoms with Gasteiger partial charge in [0.15, 0.2) is 0 Å². The van der Waals surface area contributed by atoms with E-state index < -0.39 is 0 Å². The number of benzene rings is 1. The summed E-state index contributed by atoms with van der Waals surface area (Å²) < 4.78 is 1.99. The molecule has 0 saturated carbocycles. The van der Waals surface area contributed by atoms with Crippen molar-refractivity contribution in [3.05, 3.63) is 47.8 Å². The molecule has 0 bridgehead atoms. The molecule has 1 N–H and O–H groups in total. The van der Waals surface area contributed by atoms with Gasteiger partial charge in [-0.1, -0.05) is 24.1 Å². The van der Waals surface area contributed by atoms with Crippen molar-refractivity contribution in [2.75, 3.05) is 6.54 Å². The second kappa shape index (κ2) is 4.71. The summed E-state index contributed by atoms with van der Waals surface area (Å²) in [7, 11) is 0. The number of terminal acetylenes is 1. The molecule has 0 spiro atoms. The van der Waals surface area contributed by atoms with Crippen molar-refractivity contribution in [1.82, 2.24) is 14.7 Å². The van der Waals surface area contributed by atoms with Crippen molar-refractivity contribution >= 4 is 22.5 Å². The molecule has 0 fully saturated rings. The number of para-hydroxylation sites is 1. The number of carbonyl (C=O) groups excluding carboxylic acids is 1. The standard InChI is InChI=1S/C16H13N3O/c1-3-8-17-16(20)13-9-12-6-4-5-7-14(12)19-11(2)10-18-15(13)19/h1,4-7,9-10H,8H2,2H3,(H,17,20). The molecule has 2 aromatic heterocycles. The molecule has 0 unspecified atom stereocenters. The molecule has 0 aliphatic carbocycles. The van der Waals surface area contributed by atoms with E-state index in [0.717, 1.165) is 16.6 Å². The van der Waals surface area contributed by atoms with Crippen LogP contribution in [0, 0.1) is 19.3 Å². The van der Waals surface area contributed by atoms with Gasteiger partial charge in [-0.2, -0.15) is 0 Å². The van der Waals surface area contributed by atoms with Gasteiger partial charge >= 0.3 is 0 Å². The normalized spacial score (nSPS) is 10.6. The summed E-state index contributed by atoms with van der Waals surface area (Å²) in [5, 5.41) is 3.68. The van der Waals surface area contributed by atoms with Crippen LogP contribution in [0.2, 0.25) is 0 Å². The quantitative estimate of drug-likeness (QED) is 0.720. The highest BCUT2D eigenvalue weighted by Gasteiger charge is 2.15. The van der Waals surface area contributed by atoms with E-state index in [-0.39, 0.29) is 12.5 Å². The van der Waals surface area contributed by atoms with Crippen LogP contribution in [0.1, 0.15) is 16.1 Å². The predicted octanol–water partition coefficient (Wildman–Crippen LogP) is 2.16. The highest BCUT2D eigenvalue weighted by molar-refractivity contribution is 6.03. The first-order chi connectivity index (χ1) is 9.72. The molecule has 0 aliphatic rings. The third-order valence-corrected chi connectivity index (χ3v) is 3.25. The number of pyridine rings is 1. The van der Waals surface area contributed by atoms with Crippen LogP contribution in [-0.4, -0.2) is 21.8 Å². The minimum absolute atomic E-state index is 0.204. The molecule has 2 heterocycles. The molecule has 3 rings (SSSR count). The topological polar surface area (TPSA) is 46.4 Å². The number of imidazole rings is 1. The summed E-state index contributed by atoms with van der Waals surface area (Å²) in [5.41, 5.74) is 3.21. The fourth-order valence-corrected chi connectivity index (χ4v) is 2.36. The van der Waals surface area contributed by atoms with Gasteiger partial charge in [0.25, 0.3) is 5.91 Å². The van der Waals surface area contributed by atoms with Gasteiger partial charge in [0.1, 0.15) is 5.65 Å². The fraction of sp³-hybridized carbons (Fsp3) is 0.125. The minimum atomic E-state index is -0.204. The molecule has 0 saturated heterocycles. The van der Waals surface area contributed by atoms with E-state index in [1.807, 2.05) is 41.7 Å². The Morgan fingerprint density at radius 2 is 2.25 bits per heavy atom. The van der Waals surface area contributed by atoms with E-state index in [1.165, 1.54) is 0 Å². The summed E-state index contributed by atoms with van der Waals surface area (Å²) in [5.74, 6) is 2.20. The molecular weight excluding hydrogens is 250 g/mol. The number of amides is 1. The van der Waals surface area contributed by atoms with Crippen LogP contribution >= 0.6 is 0 Å². The average molecular weight is 263 g/mol. The highest BCUT2D eigenvalue weighted by atomic mass is 16.1. The average Bonchev–Trinajstić information content (AvgIpc) is 2.86. The highest BCUT2D eigenvalue weighted by Crippen LogP contribution is 2.22. The third-order valence-electron chi connectivity index (χ3n) is 3.25. The predicted molar refractivity (Wildman–Crippen MR) is 78.6 cm³/mol. The van der Waals surface area contributed by atoms with Crippen molar-refractivity contribution in [3.8, 4) is 12.3 Å². The Balaban J connectivity index is 2.31. The number of hydrogen-bond donors (Lipinski definition) is 1. The lowest BCUT2D eigenvalue weighted by Crippen LogP contribution is -2.24. The van der Waals surface area contributed by atoms with Crippen molar-refractivity contribution in [2.24, 2.45) is 0 Å². The van der Waals surface area contributed by atoms with Gasteiger partial charge in [-0.05, 0) is 24.4 Å². The molecule has 0 atom stereocenters. The Kier molecular flexibility index (Phi) is 2.88. The van der Waals surface area contributed by atoms with Gasteiger partial charge in [-0.3, -0.25) is 9.20 Å². The van der Waals surface area contributed by atoms with Crippen LogP contribution in [0.15, 0.2) is 36.5 Å². The molecule has 4 heteroatoms. The largest absolute Gasteiger partial charge is 0.341 e. The van der Waals surface area contributed by atoms with Crippen LogP contribution in [0.4, 0.5) is 0 Å². The van der Waals surface area contributed by atoms with Gasteiger partial charge in [0.2, 0.25) is 0 Å². The number of fused-ring (bicyclic) bond motifs is 3. The minimum Gasteiger partial charge on any atom is -0.341 e. The van der Waals surface area contributed by atoms with Crippen LogP contribution in [0.3, 0.4) is 0 Å². The molecule has 98 valence electrons. The first-order valence-electron chi connectivity index (χ1n) is 6.30. The number of rotatable bonds is 2. The SMILES string of the molecule is C#CCNC(=O)c1cc2ccccc2n2c(C)cnc12. The fourth-order valence-electron chi connectivity index (χ4n) is 2.36. The van der Waals surface area contributed by atoms with Crippen molar-refractivity contribution < 1.29 is 4.79 Å². The van der Waals surface area contributed by atoms with E-state index in [9.17, 15) is 4.79 Å². The van der Waals surface area contributed by atoms with Gasteiger partial charge in [-0.25, -0.2) is 4.98 Å². The second-order valence-electron chi connectivity index (χ2n) is 4.56. The summed E-state index contributed by atoms with van der Waals surface area (Å²) in [6.07, 6.45) is 6.94. The summed E-state index contributed by atoms with van der Waals surface area (Å²) in [4.78, 5) is 16.6. The van der Waals surface area contributed by atoms with Gasteiger partial charge in [0.05, 0.1) is 17.6 Å². The van der Waals surface area contributed by atoms with Crippen molar-refractivity contribution in [3.63, 3.8) is 0 Å². The number of nitrogens with zero attached hydrogens (tertiary/aromatic N) is 2. The molecule has 0 aliphatic heterocycles. The zero-order valence-electron chi connectivity index (χ0n) is 11.1. The van der Waals surface area contributed by atoms with Gasteiger partial charge in [-0.15, -0.1) is 6.42 Å². The molecule has 4 nitrogen and oxygen atoms in total. The maximum atomic E-state index is 12.2. The Hall–Kier alpha value is -2.80. The molecule has 0 radical (unpaired) electrons. The molecule has 1 amide bonds. The smallest absolute Gasteiger partial charge is 0.255 e. The maximum absolute atomic E-state index is 12.2. The first-order valence-corrected chi connectivity index (χ1v) is 6.30. The van der Waals surface area contributed by atoms with Crippen LogP contribution in [0.5, 0.6) is 0 Å². The van der Waals surface area contributed by atoms with Crippen LogP contribution in [-0.2, 0) is 0 Å². The van der Waals surface area contributed by atoms with Crippen LogP contribution in [0.25, 0.3) is 16.6 Å². The second-order valence-corrected chi connectivity index (χ2v) is 4.56. The summed E-state index contributed by atoms with van der Waals surface area (Å²) in [6.45, 7) is 2.17. The zero-order valence-corrected chi connectivity index (χ0v) is 11.1. The van der Waals surface area contributed by atoms with Gasteiger partial charge in [0, 0.05) is 11.9 Å². The number of aryl methyl sites for hydroxylation is 1. The van der Waals surface area contributed by atoms with E-state index in [1.54, 1.807) is 6.20 Å². The van der Waals surface area contributed by atoms with Crippen LogP contribution < -0.4 is 5.32 Å². The lowest BCUT2D eigenvalue weighted by Gasteiger charge is -2.09. The number of nitrogens with one attached hydrogen (secondary N) is 1. The zero-order chi connectivity index (χ0) is 14.1. The first kappa shape index (κ1) is 12.2. The Bertz CT molecular complexity index is 855. The molecular formula is C16H13N3O. The lowest BCUT2D eigenvalue weighted by atomic mass is 10.1. The third kappa shape index (κ3) is 1.81. The Morgan fingerprint density at radius 3 is 3.05 bits per heavy atom. The van der Waals surface area contributed by atoms with E-state index in [2.05, 4.69) is 16.2 Å². The lowest BCUT2D eigenvalue weighted by molar-refractivity contribution is 0.0960. The monoisotopic (exact) mass is 263 g/mol. The summed E-state index contributed by atoms with van der Waals surface area (Å²) >= 11 is 0. The maximum Gasteiger partial charge on any atom is 0.255 e. The number of carbonyl (C=O) groups is 1. The Labute approximate surface area is 116 Å². The molecule has 3 aromatic rings. The number of aromatic nitrogens is 2. The van der Waals surface area contributed by atoms with Crippen molar-refractivity contribution in [2.45, 2.75) is 6.92 Å². The van der Waals surface area contributed by atoms with E-state index >= 15 is 0 Å². The molecule has 20 heavy (non-hydrogen) atoms.